The molecule has 2 fully saturated rings. The number of nitrogens with zero attached hydrogens (tertiary/aromatic N) is 3. The van der Waals surface area contributed by atoms with Crippen LogP contribution >= 0.6 is 0 Å². The van der Waals surface area contributed by atoms with Crippen molar-refractivity contribution < 1.29 is 23.9 Å². The number of hydrogen-bond donors (Lipinski definition) is 3. The number of carbonyl (C=O) groups is 3. The number of hydrazine groups is 1. The zero-order valence-electron chi connectivity index (χ0n) is 19.8. The number of carbonyl (C=O) groups excluding carboxylic acids is 3. The summed E-state index contributed by atoms with van der Waals surface area (Å²) in [5.74, 6) is -2.18. The summed E-state index contributed by atoms with van der Waals surface area (Å²) in [5, 5.41) is 15.2. The monoisotopic (exact) mass is 483 g/mol. The summed E-state index contributed by atoms with van der Waals surface area (Å²) in [6.45, 7) is 5.24. The lowest BCUT2D eigenvalue weighted by Crippen LogP contribution is -2.59. The van der Waals surface area contributed by atoms with Crippen LogP contribution in [0, 0.1) is 17.7 Å². The molecule has 1 aliphatic carbocycles. The number of halogens is 1. The summed E-state index contributed by atoms with van der Waals surface area (Å²) in [6.07, 6.45) is 4.96. The van der Waals surface area contributed by atoms with E-state index in [9.17, 15) is 23.9 Å². The van der Waals surface area contributed by atoms with E-state index < -0.39 is 18.0 Å². The minimum Gasteiger partial charge on any atom is -0.494 e. The van der Waals surface area contributed by atoms with Crippen LogP contribution in [-0.4, -0.2) is 64.6 Å². The fraction of sp³-hybridized carbons (Fsp3) is 0.480. The van der Waals surface area contributed by atoms with Crippen molar-refractivity contribution >= 4 is 23.4 Å². The Morgan fingerprint density at radius 3 is 2.80 bits per heavy atom. The first-order chi connectivity index (χ1) is 16.7. The van der Waals surface area contributed by atoms with Gasteiger partial charge in [-0.1, -0.05) is 19.9 Å². The Hall–Kier alpha value is -3.40. The minimum atomic E-state index is -0.580. The van der Waals surface area contributed by atoms with E-state index in [1.165, 1.54) is 23.2 Å². The Labute approximate surface area is 203 Å². The van der Waals surface area contributed by atoms with Gasteiger partial charge in [-0.2, -0.15) is 0 Å². The second-order valence-corrected chi connectivity index (χ2v) is 9.98. The lowest BCUT2D eigenvalue weighted by atomic mass is 10.0. The molecular weight excluding hydrogens is 453 g/mol. The molecule has 1 aromatic carbocycles. The Kier molecular flexibility index (Phi) is 6.00. The Balaban J connectivity index is 1.38. The number of amides is 3. The van der Waals surface area contributed by atoms with Crippen LogP contribution in [0.2, 0.25) is 0 Å². The zero-order chi connectivity index (χ0) is 24.9. The van der Waals surface area contributed by atoms with E-state index in [1.807, 2.05) is 13.8 Å². The van der Waals surface area contributed by atoms with Crippen molar-refractivity contribution in [2.45, 2.75) is 45.3 Å². The number of nitrogens with one attached hydrogen (secondary N) is 2. The molecule has 0 bridgehead atoms. The number of rotatable bonds is 6. The molecule has 0 radical (unpaired) electrons. The van der Waals surface area contributed by atoms with Gasteiger partial charge in [0.2, 0.25) is 5.88 Å². The van der Waals surface area contributed by atoms with Crippen LogP contribution in [0.25, 0.3) is 0 Å². The second-order valence-electron chi connectivity index (χ2n) is 9.98. The predicted octanol–water partition coefficient (Wildman–Crippen LogP) is 1.58. The average Bonchev–Trinajstić information content (AvgIpc) is 3.35. The van der Waals surface area contributed by atoms with E-state index in [0.29, 0.717) is 31.7 Å². The van der Waals surface area contributed by atoms with Gasteiger partial charge in [-0.15, -0.1) is 0 Å². The molecular formula is C25H30FN5O4. The van der Waals surface area contributed by atoms with Crippen LogP contribution in [-0.2, 0) is 20.8 Å². The quantitative estimate of drug-likeness (QED) is 0.419. The Morgan fingerprint density at radius 1 is 1.31 bits per heavy atom. The number of benzene rings is 1. The number of aliphatic hydroxyl groups is 1. The molecule has 4 aliphatic rings. The normalized spacial score (nSPS) is 24.0. The van der Waals surface area contributed by atoms with Crippen molar-refractivity contribution in [1.29, 1.82) is 0 Å². The molecule has 5 rings (SSSR count). The van der Waals surface area contributed by atoms with Gasteiger partial charge in [-0.3, -0.25) is 14.4 Å². The van der Waals surface area contributed by atoms with Gasteiger partial charge in [0.15, 0.2) is 5.57 Å². The molecule has 1 aromatic rings. The average molecular weight is 484 g/mol. The molecule has 1 saturated carbocycles. The fourth-order valence-corrected chi connectivity index (χ4v) is 4.98. The van der Waals surface area contributed by atoms with Crippen LogP contribution in [0.3, 0.4) is 0 Å². The number of anilines is 1. The largest absolute Gasteiger partial charge is 0.494 e. The molecule has 2 unspecified atom stereocenters. The van der Waals surface area contributed by atoms with E-state index in [-0.39, 0.29) is 41.1 Å². The lowest BCUT2D eigenvalue weighted by Gasteiger charge is -2.42. The summed E-state index contributed by atoms with van der Waals surface area (Å²) in [7, 11) is 0. The molecule has 35 heavy (non-hydrogen) atoms. The molecule has 9 nitrogen and oxygen atoms in total. The molecule has 0 spiro atoms. The third-order valence-corrected chi connectivity index (χ3v) is 6.78. The maximum Gasteiger partial charge on any atom is 0.280 e. The summed E-state index contributed by atoms with van der Waals surface area (Å²) < 4.78 is 13.5. The minimum absolute atomic E-state index is 0.0484. The molecule has 2 atom stereocenters. The van der Waals surface area contributed by atoms with Gasteiger partial charge in [0, 0.05) is 37.3 Å². The van der Waals surface area contributed by atoms with Crippen molar-refractivity contribution in [2.24, 2.45) is 11.8 Å². The SMILES string of the molecule is CC(C)CN1C(O)=C(C(=O)NC2CC2)C(=O)N2NCC(/C=C/C(=O)N3CCc4cc(F)ccc43)C12. The standard InChI is InChI=1S/C25H30FN5O4/c1-14(2)13-30-23-16(3-8-20(32)29-10-9-15-11-17(26)4-7-19(15)29)12-27-31(23)25(35)21(24(30)34)22(33)28-18-5-6-18/h3-4,7-8,11,14,16,18,23,27,34H,5-6,9-10,12-13H2,1-2H3,(H,28,33)/b8-3+. The van der Waals surface area contributed by atoms with Crippen LogP contribution in [0.15, 0.2) is 41.8 Å². The van der Waals surface area contributed by atoms with Crippen molar-refractivity contribution in [1.82, 2.24) is 20.7 Å². The third kappa shape index (κ3) is 4.38. The third-order valence-electron chi connectivity index (χ3n) is 6.78. The smallest absolute Gasteiger partial charge is 0.280 e. The van der Waals surface area contributed by atoms with Crippen molar-refractivity contribution in [3.05, 3.63) is 53.2 Å². The first-order valence-corrected chi connectivity index (χ1v) is 12.1. The van der Waals surface area contributed by atoms with Gasteiger partial charge in [-0.25, -0.2) is 14.8 Å². The molecule has 1 saturated heterocycles. The van der Waals surface area contributed by atoms with Crippen molar-refractivity contribution in [3.8, 4) is 0 Å². The molecule has 3 N–H and O–H groups in total. The number of fused-ring (bicyclic) bond motifs is 2. The topological polar surface area (TPSA) is 105 Å². The highest BCUT2D eigenvalue weighted by atomic mass is 19.1. The second kappa shape index (κ2) is 8.99. The highest BCUT2D eigenvalue weighted by molar-refractivity contribution is 6.19. The van der Waals surface area contributed by atoms with Gasteiger partial charge >= 0.3 is 0 Å². The molecule has 3 amide bonds. The van der Waals surface area contributed by atoms with Crippen molar-refractivity contribution in [3.63, 3.8) is 0 Å². The van der Waals surface area contributed by atoms with Crippen LogP contribution in [0.1, 0.15) is 32.3 Å². The van der Waals surface area contributed by atoms with Crippen molar-refractivity contribution in [2.75, 3.05) is 24.5 Å². The molecule has 3 aliphatic heterocycles. The van der Waals surface area contributed by atoms with E-state index in [1.54, 1.807) is 21.9 Å². The van der Waals surface area contributed by atoms with Gasteiger partial charge in [0.05, 0.1) is 0 Å². The number of hydrogen-bond acceptors (Lipinski definition) is 6. The van der Waals surface area contributed by atoms with Gasteiger partial charge in [-0.05, 0) is 55.0 Å². The van der Waals surface area contributed by atoms with E-state index >= 15 is 0 Å². The Morgan fingerprint density at radius 2 is 2.09 bits per heavy atom. The summed E-state index contributed by atoms with van der Waals surface area (Å²) in [6, 6.07) is 4.46. The summed E-state index contributed by atoms with van der Waals surface area (Å²) in [4.78, 5) is 42.2. The van der Waals surface area contributed by atoms with Crippen LogP contribution in [0.5, 0.6) is 0 Å². The Bertz CT molecular complexity index is 1130. The summed E-state index contributed by atoms with van der Waals surface area (Å²) >= 11 is 0. The zero-order valence-corrected chi connectivity index (χ0v) is 19.8. The maximum atomic E-state index is 13.5. The maximum absolute atomic E-state index is 13.5. The van der Waals surface area contributed by atoms with Crippen LogP contribution < -0.4 is 15.6 Å². The lowest BCUT2D eigenvalue weighted by molar-refractivity contribution is -0.142. The first kappa shape index (κ1) is 23.3. The highest BCUT2D eigenvalue weighted by Gasteiger charge is 2.49. The first-order valence-electron chi connectivity index (χ1n) is 12.1. The summed E-state index contributed by atoms with van der Waals surface area (Å²) in [5.41, 5.74) is 4.29. The molecule has 3 heterocycles. The fourth-order valence-electron chi connectivity index (χ4n) is 4.98. The predicted molar refractivity (Wildman–Crippen MR) is 126 cm³/mol. The van der Waals surface area contributed by atoms with Gasteiger partial charge < -0.3 is 20.2 Å². The molecule has 10 heteroatoms. The highest BCUT2D eigenvalue weighted by Crippen LogP contribution is 2.33. The van der Waals surface area contributed by atoms with Gasteiger partial charge in [0.25, 0.3) is 17.7 Å². The number of aliphatic hydroxyl groups excluding tert-OH is 1. The van der Waals surface area contributed by atoms with Gasteiger partial charge in [0.1, 0.15) is 12.0 Å². The molecule has 186 valence electrons. The van der Waals surface area contributed by atoms with E-state index in [0.717, 1.165) is 18.4 Å². The molecule has 0 aromatic heterocycles. The van der Waals surface area contributed by atoms with Crippen LogP contribution in [0.4, 0.5) is 10.1 Å². The van der Waals surface area contributed by atoms with E-state index in [4.69, 9.17) is 0 Å². The van der Waals surface area contributed by atoms with E-state index in [2.05, 4.69) is 10.7 Å².